The highest BCUT2D eigenvalue weighted by Crippen LogP contribution is 2.39. The van der Waals surface area contributed by atoms with Gasteiger partial charge in [0, 0.05) is 12.5 Å². The van der Waals surface area contributed by atoms with Crippen LogP contribution in [-0.2, 0) is 4.79 Å². The van der Waals surface area contributed by atoms with E-state index in [1.807, 2.05) is 0 Å². The highest BCUT2D eigenvalue weighted by molar-refractivity contribution is 5.80. The van der Waals surface area contributed by atoms with Gasteiger partial charge in [-0.1, -0.05) is 33.1 Å². The molecule has 2 nitrogen and oxygen atoms in total. The van der Waals surface area contributed by atoms with Crippen molar-refractivity contribution in [3.8, 4) is 0 Å². The number of carbonyl (C=O) groups excluding carboxylic acids is 1. The van der Waals surface area contributed by atoms with E-state index in [9.17, 15) is 4.79 Å². The second kappa shape index (κ2) is 3.92. The average molecular weight is 195 g/mol. The van der Waals surface area contributed by atoms with Gasteiger partial charge in [0.15, 0.2) is 0 Å². The summed E-state index contributed by atoms with van der Waals surface area (Å²) in [6.07, 6.45) is 5.46. The Hall–Kier alpha value is -0.530. The first-order valence-corrected chi connectivity index (χ1v) is 5.98. The van der Waals surface area contributed by atoms with Crippen molar-refractivity contribution in [3.63, 3.8) is 0 Å². The average Bonchev–Trinajstić information content (AvgIpc) is 2.49. The maximum atomic E-state index is 11.4. The van der Waals surface area contributed by atoms with Gasteiger partial charge in [-0.05, 0) is 24.2 Å². The minimum atomic E-state index is 0.251. The predicted molar refractivity (Wildman–Crippen MR) is 56.8 cm³/mol. The van der Waals surface area contributed by atoms with Crippen molar-refractivity contribution in [1.82, 2.24) is 5.32 Å². The van der Waals surface area contributed by atoms with Crippen molar-refractivity contribution in [2.24, 2.45) is 23.7 Å². The zero-order chi connectivity index (χ0) is 10.1. The third kappa shape index (κ3) is 1.67. The highest BCUT2D eigenvalue weighted by atomic mass is 16.2. The van der Waals surface area contributed by atoms with E-state index in [-0.39, 0.29) is 11.8 Å². The Morgan fingerprint density at radius 1 is 1.14 bits per heavy atom. The molecule has 1 aliphatic carbocycles. The Labute approximate surface area is 86.5 Å². The minimum Gasteiger partial charge on any atom is -0.356 e. The van der Waals surface area contributed by atoms with Gasteiger partial charge in [0.25, 0.3) is 0 Å². The summed E-state index contributed by atoms with van der Waals surface area (Å²) in [5, 5.41) is 3.00. The summed E-state index contributed by atoms with van der Waals surface area (Å²) in [6.45, 7) is 5.38. The van der Waals surface area contributed by atoms with Crippen molar-refractivity contribution in [2.75, 3.05) is 6.54 Å². The molecule has 1 saturated heterocycles. The molecule has 1 saturated carbocycles. The van der Waals surface area contributed by atoms with Crippen LogP contribution in [0.15, 0.2) is 0 Å². The number of nitrogens with one attached hydrogen (secondary N) is 1. The van der Waals surface area contributed by atoms with Crippen LogP contribution in [0.3, 0.4) is 0 Å². The lowest BCUT2D eigenvalue weighted by atomic mass is 9.70. The summed E-state index contributed by atoms with van der Waals surface area (Å²) in [6, 6.07) is 0. The molecule has 1 aliphatic heterocycles. The lowest BCUT2D eigenvalue weighted by Gasteiger charge is -2.34. The van der Waals surface area contributed by atoms with Crippen LogP contribution >= 0.6 is 0 Å². The second-order valence-electron chi connectivity index (χ2n) is 5.12. The van der Waals surface area contributed by atoms with Gasteiger partial charge in [-0.25, -0.2) is 0 Å². The third-order valence-corrected chi connectivity index (χ3v) is 4.30. The number of carbonyl (C=O) groups is 1. The predicted octanol–water partition coefficient (Wildman–Crippen LogP) is 2.19. The first-order valence-electron chi connectivity index (χ1n) is 5.98. The molecule has 4 atom stereocenters. The summed E-state index contributed by atoms with van der Waals surface area (Å²) >= 11 is 0. The van der Waals surface area contributed by atoms with Gasteiger partial charge in [0.2, 0.25) is 5.91 Å². The van der Waals surface area contributed by atoms with Crippen molar-refractivity contribution in [2.45, 2.75) is 39.5 Å². The molecule has 1 heterocycles. The Kier molecular flexibility index (Phi) is 2.80. The van der Waals surface area contributed by atoms with Crippen LogP contribution in [0.25, 0.3) is 0 Å². The molecular weight excluding hydrogens is 174 g/mol. The normalized spacial score (nSPS) is 43.7. The molecule has 2 heteroatoms. The third-order valence-electron chi connectivity index (χ3n) is 4.30. The molecule has 2 rings (SSSR count). The molecule has 2 aliphatic rings. The largest absolute Gasteiger partial charge is 0.356 e. The molecule has 0 bridgehead atoms. The van der Waals surface area contributed by atoms with E-state index in [4.69, 9.17) is 0 Å². The summed E-state index contributed by atoms with van der Waals surface area (Å²) in [5.41, 5.74) is 0. The number of rotatable bonds is 1. The molecular formula is C12H21NO. The minimum absolute atomic E-state index is 0.251. The molecule has 0 spiro atoms. The van der Waals surface area contributed by atoms with Crippen LogP contribution in [-0.4, -0.2) is 12.5 Å². The Bertz CT molecular complexity index is 226. The van der Waals surface area contributed by atoms with Crippen LogP contribution in [0.4, 0.5) is 0 Å². The van der Waals surface area contributed by atoms with Crippen LogP contribution in [0.1, 0.15) is 39.5 Å². The Morgan fingerprint density at radius 2 is 1.86 bits per heavy atom. The fourth-order valence-electron chi connectivity index (χ4n) is 3.25. The highest BCUT2D eigenvalue weighted by Gasteiger charge is 2.39. The molecule has 0 aromatic rings. The van der Waals surface area contributed by atoms with Crippen LogP contribution in [0, 0.1) is 23.7 Å². The number of hydrogen-bond acceptors (Lipinski definition) is 1. The van der Waals surface area contributed by atoms with E-state index in [0.717, 1.165) is 18.4 Å². The van der Waals surface area contributed by atoms with E-state index < -0.39 is 0 Å². The molecule has 0 aromatic carbocycles. The molecule has 0 aromatic heterocycles. The van der Waals surface area contributed by atoms with Gasteiger partial charge in [-0.2, -0.15) is 0 Å². The van der Waals surface area contributed by atoms with E-state index in [1.54, 1.807) is 0 Å². The summed E-state index contributed by atoms with van der Waals surface area (Å²) < 4.78 is 0. The summed E-state index contributed by atoms with van der Waals surface area (Å²) in [7, 11) is 0. The maximum absolute atomic E-state index is 11.4. The second-order valence-corrected chi connectivity index (χ2v) is 5.12. The van der Waals surface area contributed by atoms with Crippen LogP contribution < -0.4 is 5.32 Å². The lowest BCUT2D eigenvalue weighted by Crippen LogP contribution is -2.29. The fraction of sp³-hybridized carbons (Fsp3) is 0.917. The maximum Gasteiger partial charge on any atom is 0.223 e. The smallest absolute Gasteiger partial charge is 0.223 e. The molecule has 0 radical (unpaired) electrons. The van der Waals surface area contributed by atoms with E-state index in [2.05, 4.69) is 19.2 Å². The van der Waals surface area contributed by atoms with Crippen LogP contribution in [0.2, 0.25) is 0 Å². The van der Waals surface area contributed by atoms with E-state index >= 15 is 0 Å². The monoisotopic (exact) mass is 195 g/mol. The zero-order valence-electron chi connectivity index (χ0n) is 9.25. The summed E-state index contributed by atoms with van der Waals surface area (Å²) in [5.74, 6) is 2.74. The SMILES string of the molecule is CC1CCCCC1C1CNC(=O)C1C. The molecule has 80 valence electrons. The van der Waals surface area contributed by atoms with Crippen molar-refractivity contribution in [1.29, 1.82) is 0 Å². The first-order chi connectivity index (χ1) is 6.70. The number of amides is 1. The Balaban J connectivity index is 2.03. The van der Waals surface area contributed by atoms with E-state index in [0.29, 0.717) is 5.92 Å². The molecule has 4 unspecified atom stereocenters. The van der Waals surface area contributed by atoms with Gasteiger partial charge < -0.3 is 5.32 Å². The van der Waals surface area contributed by atoms with Gasteiger partial charge in [-0.3, -0.25) is 4.79 Å². The molecule has 1 amide bonds. The van der Waals surface area contributed by atoms with E-state index in [1.165, 1.54) is 25.7 Å². The Morgan fingerprint density at radius 3 is 2.43 bits per heavy atom. The van der Waals surface area contributed by atoms with Crippen molar-refractivity contribution >= 4 is 5.91 Å². The summed E-state index contributed by atoms with van der Waals surface area (Å²) in [4.78, 5) is 11.4. The van der Waals surface area contributed by atoms with Gasteiger partial charge in [-0.15, -0.1) is 0 Å². The quantitative estimate of drug-likeness (QED) is 0.683. The molecule has 1 N–H and O–H groups in total. The number of hydrogen-bond donors (Lipinski definition) is 1. The van der Waals surface area contributed by atoms with Gasteiger partial charge >= 0.3 is 0 Å². The van der Waals surface area contributed by atoms with Gasteiger partial charge in [0.1, 0.15) is 0 Å². The van der Waals surface area contributed by atoms with Crippen LogP contribution in [0.5, 0.6) is 0 Å². The van der Waals surface area contributed by atoms with Crippen molar-refractivity contribution in [3.05, 3.63) is 0 Å². The first kappa shape index (κ1) is 10.0. The topological polar surface area (TPSA) is 29.1 Å². The van der Waals surface area contributed by atoms with Crippen molar-refractivity contribution < 1.29 is 4.79 Å². The molecule has 2 fully saturated rings. The fourth-order valence-corrected chi connectivity index (χ4v) is 3.25. The zero-order valence-corrected chi connectivity index (χ0v) is 9.25. The van der Waals surface area contributed by atoms with Gasteiger partial charge in [0.05, 0.1) is 0 Å². The molecule has 14 heavy (non-hydrogen) atoms. The standard InChI is InChI=1S/C12H21NO/c1-8-5-3-4-6-10(8)11-7-13-12(14)9(11)2/h8-11H,3-7H2,1-2H3,(H,13,14). The lowest BCUT2D eigenvalue weighted by molar-refractivity contribution is -0.122.